The zero-order valence-corrected chi connectivity index (χ0v) is 15.6. The zero-order chi connectivity index (χ0) is 19.4. The fourth-order valence-electron chi connectivity index (χ4n) is 3.09. The molecule has 0 aromatic carbocycles. The Hall–Kier alpha value is -2.94. The Morgan fingerprint density at radius 1 is 1.41 bits per heavy atom. The van der Waals surface area contributed by atoms with Crippen molar-refractivity contribution in [3.8, 4) is 0 Å². The lowest BCUT2D eigenvalue weighted by atomic mass is 10.2. The molecule has 9 heteroatoms. The van der Waals surface area contributed by atoms with Crippen LogP contribution >= 0.6 is 0 Å². The normalized spacial score (nSPS) is 15.6. The van der Waals surface area contributed by atoms with Crippen molar-refractivity contribution in [3.05, 3.63) is 30.6 Å². The first kappa shape index (κ1) is 18.8. The van der Waals surface area contributed by atoms with Crippen molar-refractivity contribution in [2.75, 3.05) is 44.8 Å². The summed E-state index contributed by atoms with van der Waals surface area (Å²) in [5, 5.41) is 2.88. The van der Waals surface area contributed by atoms with Crippen LogP contribution in [0.4, 0.5) is 5.82 Å². The van der Waals surface area contributed by atoms with Gasteiger partial charge in [-0.25, -0.2) is 9.97 Å². The molecule has 1 fully saturated rings. The Bertz CT molecular complexity index is 841. The number of hydrogen-bond donors (Lipinski definition) is 2. The van der Waals surface area contributed by atoms with Gasteiger partial charge in [0.15, 0.2) is 5.65 Å². The minimum Gasteiger partial charge on any atom is -0.383 e. The molecule has 1 saturated heterocycles. The van der Waals surface area contributed by atoms with Crippen molar-refractivity contribution in [2.24, 2.45) is 0 Å². The van der Waals surface area contributed by atoms with Crippen LogP contribution in [0, 0.1) is 0 Å². The van der Waals surface area contributed by atoms with E-state index >= 15 is 0 Å². The smallest absolute Gasteiger partial charge is 0.255 e. The molecule has 2 aromatic heterocycles. The lowest BCUT2D eigenvalue weighted by Gasteiger charge is -2.34. The minimum atomic E-state index is -0.223. The van der Waals surface area contributed by atoms with Crippen LogP contribution in [0.1, 0.15) is 17.3 Å². The number of nitrogens with one attached hydrogen (secondary N) is 2. The molecular weight excluding hydrogens is 348 g/mol. The molecule has 27 heavy (non-hydrogen) atoms. The Balaban J connectivity index is 1.76. The first-order chi connectivity index (χ1) is 13.0. The summed E-state index contributed by atoms with van der Waals surface area (Å²) in [5.74, 6) is 0.399. The molecule has 2 N–H and O–H groups in total. The van der Waals surface area contributed by atoms with E-state index in [2.05, 4.69) is 31.7 Å². The Morgan fingerprint density at radius 3 is 2.81 bits per heavy atom. The molecule has 144 valence electrons. The summed E-state index contributed by atoms with van der Waals surface area (Å²) in [6, 6.07) is -0.112. The number of H-pyrrole nitrogens is 1. The maximum absolute atomic E-state index is 12.5. The predicted octanol–water partition coefficient (Wildman–Crippen LogP) is 0.557. The minimum absolute atomic E-state index is 0.0639. The number of aromatic amines is 1. The van der Waals surface area contributed by atoms with E-state index in [4.69, 9.17) is 4.74 Å². The van der Waals surface area contributed by atoms with Crippen molar-refractivity contribution < 1.29 is 14.3 Å². The van der Waals surface area contributed by atoms with E-state index in [-0.39, 0.29) is 17.9 Å². The van der Waals surface area contributed by atoms with Crippen LogP contribution in [0.2, 0.25) is 0 Å². The maximum Gasteiger partial charge on any atom is 0.255 e. The molecule has 2 amide bonds. The van der Waals surface area contributed by atoms with Crippen LogP contribution in [-0.2, 0) is 9.53 Å². The van der Waals surface area contributed by atoms with E-state index in [0.717, 1.165) is 0 Å². The van der Waals surface area contributed by atoms with Crippen molar-refractivity contribution in [1.82, 2.24) is 25.2 Å². The van der Waals surface area contributed by atoms with E-state index < -0.39 is 0 Å². The highest BCUT2D eigenvalue weighted by Gasteiger charge is 2.22. The van der Waals surface area contributed by atoms with Crippen LogP contribution in [0.25, 0.3) is 11.2 Å². The molecule has 1 atom stereocenters. The van der Waals surface area contributed by atoms with Crippen LogP contribution in [-0.4, -0.2) is 77.6 Å². The van der Waals surface area contributed by atoms with Gasteiger partial charge in [-0.2, -0.15) is 0 Å². The molecule has 1 aliphatic rings. The first-order valence-corrected chi connectivity index (χ1v) is 8.83. The van der Waals surface area contributed by atoms with Gasteiger partial charge in [-0.1, -0.05) is 6.58 Å². The molecule has 0 spiro atoms. The second kappa shape index (κ2) is 8.17. The van der Waals surface area contributed by atoms with Crippen LogP contribution in [0.5, 0.6) is 0 Å². The summed E-state index contributed by atoms with van der Waals surface area (Å²) in [7, 11) is 1.59. The van der Waals surface area contributed by atoms with Gasteiger partial charge in [0.1, 0.15) is 11.3 Å². The van der Waals surface area contributed by atoms with Gasteiger partial charge in [-0.05, 0) is 13.0 Å². The number of methoxy groups -OCH3 is 1. The summed E-state index contributed by atoms with van der Waals surface area (Å²) >= 11 is 0. The summed E-state index contributed by atoms with van der Waals surface area (Å²) in [6.07, 6.45) is 4.62. The highest BCUT2D eigenvalue weighted by atomic mass is 16.5. The lowest BCUT2D eigenvalue weighted by Crippen LogP contribution is -2.48. The number of carbonyl (C=O) groups excluding carboxylic acids is 2. The molecule has 3 heterocycles. The summed E-state index contributed by atoms with van der Waals surface area (Å²) in [4.78, 5) is 40.0. The average Bonchev–Trinajstić information content (AvgIpc) is 3.11. The molecule has 0 saturated carbocycles. The first-order valence-electron chi connectivity index (χ1n) is 8.83. The monoisotopic (exact) mass is 372 g/mol. The van der Waals surface area contributed by atoms with E-state index in [1.165, 1.54) is 6.08 Å². The van der Waals surface area contributed by atoms with E-state index in [0.29, 0.717) is 55.3 Å². The quantitative estimate of drug-likeness (QED) is 0.718. The molecule has 3 rings (SSSR count). The number of hydrogen-bond acceptors (Lipinski definition) is 6. The zero-order valence-electron chi connectivity index (χ0n) is 15.6. The molecule has 1 unspecified atom stereocenters. The van der Waals surface area contributed by atoms with E-state index in [9.17, 15) is 9.59 Å². The van der Waals surface area contributed by atoms with Crippen LogP contribution in [0.15, 0.2) is 25.0 Å². The van der Waals surface area contributed by atoms with Crippen molar-refractivity contribution in [2.45, 2.75) is 13.0 Å². The number of rotatable bonds is 6. The lowest BCUT2D eigenvalue weighted by molar-refractivity contribution is -0.126. The molecule has 2 aromatic rings. The number of anilines is 1. The largest absolute Gasteiger partial charge is 0.383 e. The van der Waals surface area contributed by atoms with Gasteiger partial charge in [0.2, 0.25) is 5.91 Å². The molecule has 1 aliphatic heterocycles. The Kier molecular flexibility index (Phi) is 5.70. The van der Waals surface area contributed by atoms with Crippen LogP contribution in [0.3, 0.4) is 0 Å². The number of amides is 2. The maximum atomic E-state index is 12.5. The number of piperazine rings is 1. The topological polar surface area (TPSA) is 103 Å². The number of aromatic nitrogens is 3. The summed E-state index contributed by atoms with van der Waals surface area (Å²) in [5.41, 5.74) is 1.53. The van der Waals surface area contributed by atoms with Gasteiger partial charge < -0.3 is 24.8 Å². The van der Waals surface area contributed by atoms with Crippen molar-refractivity contribution >= 4 is 28.8 Å². The number of carbonyl (C=O) groups is 2. The highest BCUT2D eigenvalue weighted by Crippen LogP contribution is 2.20. The summed E-state index contributed by atoms with van der Waals surface area (Å²) in [6.45, 7) is 8.32. The van der Waals surface area contributed by atoms with Gasteiger partial charge in [0.25, 0.3) is 5.91 Å². The number of fused-ring (bicyclic) bond motifs is 1. The fourth-order valence-corrected chi connectivity index (χ4v) is 3.09. The van der Waals surface area contributed by atoms with E-state index in [1.807, 2.05) is 6.92 Å². The Morgan fingerprint density at radius 2 is 2.15 bits per heavy atom. The molecule has 0 bridgehead atoms. The molecule has 0 aliphatic carbocycles. The predicted molar refractivity (Wildman–Crippen MR) is 102 cm³/mol. The number of nitrogens with zero attached hydrogens (tertiary/aromatic N) is 4. The third kappa shape index (κ3) is 4.08. The number of ether oxygens (including phenoxy) is 1. The van der Waals surface area contributed by atoms with Gasteiger partial charge in [0, 0.05) is 45.5 Å². The van der Waals surface area contributed by atoms with Crippen molar-refractivity contribution in [3.63, 3.8) is 0 Å². The third-order valence-corrected chi connectivity index (χ3v) is 4.50. The SMILES string of the molecule is C=CC(=O)N1CCN(c2cnc3[nH]cc(C(=O)NC(C)COC)c3n2)CC1. The van der Waals surface area contributed by atoms with Gasteiger partial charge in [-0.15, -0.1) is 0 Å². The fraction of sp³-hybridized carbons (Fsp3) is 0.444. The van der Waals surface area contributed by atoms with Crippen LogP contribution < -0.4 is 10.2 Å². The standard InChI is InChI=1S/C18H24N6O3/c1-4-15(25)24-7-5-23(6-8-24)14-10-20-17-16(22-14)13(9-19-17)18(26)21-12(2)11-27-3/h4,9-10,12H,1,5-8,11H2,2-3H3,(H,19,20)(H,21,26). The van der Waals surface area contributed by atoms with Gasteiger partial charge in [0.05, 0.1) is 18.4 Å². The van der Waals surface area contributed by atoms with Gasteiger partial charge >= 0.3 is 0 Å². The average molecular weight is 372 g/mol. The Labute approximate surface area is 157 Å². The van der Waals surface area contributed by atoms with Crippen molar-refractivity contribution in [1.29, 1.82) is 0 Å². The third-order valence-electron chi connectivity index (χ3n) is 4.50. The molecule has 9 nitrogen and oxygen atoms in total. The second-order valence-corrected chi connectivity index (χ2v) is 6.47. The molecule has 0 radical (unpaired) electrons. The highest BCUT2D eigenvalue weighted by molar-refractivity contribution is 6.04. The second-order valence-electron chi connectivity index (χ2n) is 6.47. The van der Waals surface area contributed by atoms with E-state index in [1.54, 1.807) is 24.4 Å². The summed E-state index contributed by atoms with van der Waals surface area (Å²) < 4.78 is 5.05. The molecular formula is C18H24N6O3. The van der Waals surface area contributed by atoms with Gasteiger partial charge in [-0.3, -0.25) is 9.59 Å².